The van der Waals surface area contributed by atoms with Crippen molar-refractivity contribution in [2.24, 2.45) is 18.9 Å². The maximum absolute atomic E-state index is 9.57. The SMILES string of the molecule is CC.CC.Cc1c(-c2ccn(C(C)C)n2)sc2nc(-c3nccn3C)nc(NCC3CCC3CO)c12. The third-order valence-corrected chi connectivity index (χ3v) is 7.73. The smallest absolute Gasteiger partial charge is 0.199 e. The normalized spacial score (nSPS) is 16.7. The van der Waals surface area contributed by atoms with Crippen LogP contribution in [0.15, 0.2) is 24.7 Å². The van der Waals surface area contributed by atoms with Crippen LogP contribution in [0, 0.1) is 18.8 Å². The molecule has 1 saturated carbocycles. The van der Waals surface area contributed by atoms with Gasteiger partial charge in [-0.25, -0.2) is 15.0 Å². The summed E-state index contributed by atoms with van der Waals surface area (Å²) in [4.78, 5) is 16.3. The van der Waals surface area contributed by atoms with Gasteiger partial charge in [-0.05, 0) is 57.1 Å². The lowest BCUT2D eigenvalue weighted by Gasteiger charge is -2.35. The molecule has 1 aliphatic carbocycles. The topological polar surface area (TPSA) is 93.7 Å². The van der Waals surface area contributed by atoms with Crippen molar-refractivity contribution in [3.8, 4) is 22.2 Å². The van der Waals surface area contributed by atoms with Gasteiger partial charge in [-0.1, -0.05) is 27.7 Å². The Morgan fingerprint density at radius 2 is 1.83 bits per heavy atom. The average molecular weight is 512 g/mol. The number of nitrogens with one attached hydrogen (secondary N) is 1. The molecular weight excluding hydrogens is 470 g/mol. The van der Waals surface area contributed by atoms with Gasteiger partial charge in [0.05, 0.1) is 10.3 Å². The maximum atomic E-state index is 9.57. The van der Waals surface area contributed by atoms with E-state index >= 15 is 0 Å². The highest BCUT2D eigenvalue weighted by Gasteiger charge is 2.30. The standard InChI is InChI=1S/C23H29N7OS.2C2H6/c1-13(2)30-9-7-17(28-30)19-14(3)18-20(25-11-15-5-6-16(15)12-31)26-21(27-23(18)32-19)22-24-8-10-29(22)4;2*1-2/h7-10,13,15-16,31H,5-6,11-12H2,1-4H3,(H,25,26,27);2*1-2H3. The summed E-state index contributed by atoms with van der Waals surface area (Å²) < 4.78 is 3.92. The minimum Gasteiger partial charge on any atom is -0.396 e. The van der Waals surface area contributed by atoms with Crippen LogP contribution in [0.2, 0.25) is 0 Å². The second-order valence-corrected chi connectivity index (χ2v) is 9.93. The van der Waals surface area contributed by atoms with Crippen molar-refractivity contribution in [1.82, 2.24) is 29.3 Å². The summed E-state index contributed by atoms with van der Waals surface area (Å²) in [6.07, 6.45) is 7.93. The minimum absolute atomic E-state index is 0.254. The van der Waals surface area contributed by atoms with E-state index in [0.29, 0.717) is 23.7 Å². The quantitative estimate of drug-likeness (QED) is 0.301. The van der Waals surface area contributed by atoms with Gasteiger partial charge in [-0.2, -0.15) is 5.10 Å². The monoisotopic (exact) mass is 511 g/mol. The third kappa shape index (κ3) is 5.47. The summed E-state index contributed by atoms with van der Waals surface area (Å²) in [6.45, 7) is 15.4. The van der Waals surface area contributed by atoms with Gasteiger partial charge in [-0.3, -0.25) is 4.68 Å². The maximum Gasteiger partial charge on any atom is 0.199 e. The van der Waals surface area contributed by atoms with Crippen LogP contribution in [0.1, 0.15) is 66.0 Å². The molecule has 0 radical (unpaired) electrons. The molecule has 8 nitrogen and oxygen atoms in total. The van der Waals surface area contributed by atoms with Crippen LogP contribution in [-0.4, -0.2) is 47.6 Å². The Kier molecular flexibility index (Phi) is 9.62. The fourth-order valence-electron chi connectivity index (χ4n) is 4.31. The number of hydrogen-bond acceptors (Lipinski definition) is 7. The molecule has 0 saturated heterocycles. The number of rotatable bonds is 7. The second-order valence-electron chi connectivity index (χ2n) is 8.93. The molecular formula is C27H41N7OS. The van der Waals surface area contributed by atoms with Crippen LogP contribution in [0.5, 0.6) is 0 Å². The number of aryl methyl sites for hydroxylation is 2. The van der Waals surface area contributed by atoms with Gasteiger partial charge in [0.1, 0.15) is 16.3 Å². The Morgan fingerprint density at radius 3 is 2.39 bits per heavy atom. The van der Waals surface area contributed by atoms with Gasteiger partial charge in [-0.15, -0.1) is 11.3 Å². The van der Waals surface area contributed by atoms with Crippen LogP contribution in [0.25, 0.3) is 32.4 Å². The second kappa shape index (κ2) is 12.5. The Bertz CT molecular complexity index is 1250. The lowest BCUT2D eigenvalue weighted by atomic mass is 9.74. The van der Waals surface area contributed by atoms with Crippen LogP contribution < -0.4 is 5.32 Å². The molecule has 36 heavy (non-hydrogen) atoms. The first kappa shape index (κ1) is 27.8. The summed E-state index contributed by atoms with van der Waals surface area (Å²) in [5.74, 6) is 3.04. The number of nitrogens with zero attached hydrogens (tertiary/aromatic N) is 6. The molecule has 0 spiro atoms. The van der Waals surface area contributed by atoms with Crippen LogP contribution in [0.3, 0.4) is 0 Å². The van der Waals surface area contributed by atoms with Crippen molar-refractivity contribution in [3.63, 3.8) is 0 Å². The fourth-order valence-corrected chi connectivity index (χ4v) is 5.46. The van der Waals surface area contributed by atoms with Crippen molar-refractivity contribution in [1.29, 1.82) is 0 Å². The number of anilines is 1. The molecule has 2 N–H and O–H groups in total. The molecule has 1 aliphatic rings. The molecule has 0 aromatic carbocycles. The Balaban J connectivity index is 0.000000861. The Labute approximate surface area is 218 Å². The van der Waals surface area contributed by atoms with E-state index in [9.17, 15) is 5.11 Å². The van der Waals surface area contributed by atoms with Gasteiger partial charge < -0.3 is 15.0 Å². The molecule has 5 rings (SSSR count). The first-order chi connectivity index (χ1) is 17.5. The summed E-state index contributed by atoms with van der Waals surface area (Å²) in [7, 11) is 1.95. The van der Waals surface area contributed by atoms with Crippen LogP contribution in [0.4, 0.5) is 5.82 Å². The molecule has 1 fully saturated rings. The highest BCUT2D eigenvalue weighted by Crippen LogP contribution is 2.41. The summed E-state index contributed by atoms with van der Waals surface area (Å²) in [5, 5.41) is 19.0. The molecule has 4 aromatic heterocycles. The molecule has 196 valence electrons. The lowest BCUT2D eigenvalue weighted by Crippen LogP contribution is -2.34. The fraction of sp³-hybridized carbons (Fsp3) is 0.556. The third-order valence-electron chi connectivity index (χ3n) is 6.52. The van der Waals surface area contributed by atoms with E-state index in [1.807, 2.05) is 56.4 Å². The van der Waals surface area contributed by atoms with E-state index in [0.717, 1.165) is 57.4 Å². The largest absolute Gasteiger partial charge is 0.396 e. The van der Waals surface area contributed by atoms with Gasteiger partial charge in [0.15, 0.2) is 11.6 Å². The average Bonchev–Trinajstić information content (AvgIpc) is 3.60. The van der Waals surface area contributed by atoms with E-state index in [1.54, 1.807) is 17.5 Å². The Hall–Kier alpha value is -2.78. The predicted molar refractivity (Wildman–Crippen MR) is 150 cm³/mol. The van der Waals surface area contributed by atoms with Gasteiger partial charge in [0.2, 0.25) is 0 Å². The van der Waals surface area contributed by atoms with Crippen molar-refractivity contribution < 1.29 is 5.11 Å². The van der Waals surface area contributed by atoms with Gasteiger partial charge >= 0.3 is 0 Å². The molecule has 0 aliphatic heterocycles. The van der Waals surface area contributed by atoms with E-state index < -0.39 is 0 Å². The van der Waals surface area contributed by atoms with Crippen LogP contribution >= 0.6 is 11.3 Å². The van der Waals surface area contributed by atoms with Crippen molar-refractivity contribution in [2.75, 3.05) is 18.5 Å². The van der Waals surface area contributed by atoms with E-state index in [-0.39, 0.29) is 6.61 Å². The molecule has 2 unspecified atom stereocenters. The summed E-state index contributed by atoms with van der Waals surface area (Å²) in [5.41, 5.74) is 2.10. The van der Waals surface area contributed by atoms with Gasteiger partial charge in [0.25, 0.3) is 0 Å². The van der Waals surface area contributed by atoms with Crippen molar-refractivity contribution in [3.05, 3.63) is 30.2 Å². The first-order valence-electron chi connectivity index (χ1n) is 13.1. The zero-order chi connectivity index (χ0) is 26.4. The highest BCUT2D eigenvalue weighted by molar-refractivity contribution is 7.22. The van der Waals surface area contributed by atoms with Crippen molar-refractivity contribution in [2.45, 2.75) is 67.3 Å². The van der Waals surface area contributed by atoms with Crippen LogP contribution in [-0.2, 0) is 7.05 Å². The highest BCUT2D eigenvalue weighted by atomic mass is 32.1. The zero-order valence-corrected chi connectivity index (χ0v) is 23.7. The zero-order valence-electron chi connectivity index (χ0n) is 22.9. The number of aliphatic hydroxyl groups is 1. The lowest BCUT2D eigenvalue weighted by molar-refractivity contribution is 0.0989. The van der Waals surface area contributed by atoms with E-state index in [2.05, 4.69) is 37.1 Å². The molecule has 2 atom stereocenters. The predicted octanol–water partition coefficient (Wildman–Crippen LogP) is 6.33. The summed E-state index contributed by atoms with van der Waals surface area (Å²) in [6, 6.07) is 2.38. The van der Waals surface area contributed by atoms with E-state index in [4.69, 9.17) is 15.1 Å². The minimum atomic E-state index is 0.254. The molecule has 0 amide bonds. The van der Waals surface area contributed by atoms with Gasteiger partial charge in [0, 0.05) is 44.8 Å². The molecule has 4 aromatic rings. The molecule has 0 bridgehead atoms. The Morgan fingerprint density at radius 1 is 1.11 bits per heavy atom. The number of aliphatic hydroxyl groups excluding tert-OH is 1. The number of fused-ring (bicyclic) bond motifs is 1. The number of hydrogen-bond donors (Lipinski definition) is 2. The number of imidazole rings is 1. The van der Waals surface area contributed by atoms with Crippen molar-refractivity contribution >= 4 is 27.4 Å². The first-order valence-corrected chi connectivity index (χ1v) is 14.0. The molecule has 4 heterocycles. The molecule has 9 heteroatoms. The number of thiophene rings is 1. The summed E-state index contributed by atoms with van der Waals surface area (Å²) >= 11 is 1.65. The van der Waals surface area contributed by atoms with E-state index in [1.165, 1.54) is 0 Å². The number of aromatic nitrogens is 6.